The van der Waals surface area contributed by atoms with Gasteiger partial charge in [-0.2, -0.15) is 0 Å². The van der Waals surface area contributed by atoms with Gasteiger partial charge in [-0.15, -0.1) is 11.3 Å². The summed E-state index contributed by atoms with van der Waals surface area (Å²) >= 11 is 1.40. The second-order valence-corrected chi connectivity index (χ2v) is 7.73. The molecule has 0 unspecified atom stereocenters. The lowest BCUT2D eigenvalue weighted by Crippen LogP contribution is -2.28. The van der Waals surface area contributed by atoms with E-state index in [9.17, 15) is 9.59 Å². The number of nitrogens with zero attached hydrogens (tertiary/aromatic N) is 1. The molecular weight excluding hydrogens is 384 g/mol. The van der Waals surface area contributed by atoms with Crippen molar-refractivity contribution in [2.75, 3.05) is 13.2 Å². The predicted octanol–water partition coefficient (Wildman–Crippen LogP) is 4.33. The van der Waals surface area contributed by atoms with Gasteiger partial charge in [0.25, 0.3) is 0 Å². The first-order valence-electron chi connectivity index (χ1n) is 9.53. The SMILES string of the molecule is Cc1ccc(CCC(=O)NCCOC(=O)c2csc(-c3ccc(C)cc3)n2)cc1. The summed E-state index contributed by atoms with van der Waals surface area (Å²) in [6.07, 6.45) is 1.09. The fourth-order valence-corrected chi connectivity index (χ4v) is 3.50. The topological polar surface area (TPSA) is 68.3 Å². The van der Waals surface area contributed by atoms with Gasteiger partial charge in [-0.1, -0.05) is 59.7 Å². The zero-order chi connectivity index (χ0) is 20.6. The average Bonchev–Trinajstić information content (AvgIpc) is 3.21. The van der Waals surface area contributed by atoms with Crippen molar-refractivity contribution in [2.45, 2.75) is 26.7 Å². The quantitative estimate of drug-likeness (QED) is 0.445. The van der Waals surface area contributed by atoms with E-state index in [1.807, 2.05) is 62.4 Å². The first kappa shape index (κ1) is 20.7. The van der Waals surface area contributed by atoms with Crippen LogP contribution >= 0.6 is 11.3 Å². The number of esters is 1. The number of benzene rings is 2. The van der Waals surface area contributed by atoms with Crippen molar-refractivity contribution in [3.05, 3.63) is 76.3 Å². The zero-order valence-electron chi connectivity index (χ0n) is 16.6. The van der Waals surface area contributed by atoms with Crippen LogP contribution in [0.3, 0.4) is 0 Å². The van der Waals surface area contributed by atoms with E-state index in [1.165, 1.54) is 22.5 Å². The first-order chi connectivity index (χ1) is 14.0. The Morgan fingerprint density at radius 2 is 1.66 bits per heavy atom. The van der Waals surface area contributed by atoms with Gasteiger partial charge in [0.1, 0.15) is 11.6 Å². The smallest absolute Gasteiger partial charge is 0.357 e. The van der Waals surface area contributed by atoms with E-state index in [-0.39, 0.29) is 24.8 Å². The van der Waals surface area contributed by atoms with Crippen LogP contribution in [0, 0.1) is 13.8 Å². The Kier molecular flexibility index (Phi) is 7.14. The Balaban J connectivity index is 1.38. The molecule has 3 rings (SSSR count). The summed E-state index contributed by atoms with van der Waals surface area (Å²) in [4.78, 5) is 28.4. The van der Waals surface area contributed by atoms with Crippen LogP contribution in [-0.2, 0) is 16.0 Å². The summed E-state index contributed by atoms with van der Waals surface area (Å²) in [5.41, 5.74) is 4.76. The molecule has 1 N–H and O–H groups in total. The van der Waals surface area contributed by atoms with Crippen LogP contribution in [0.25, 0.3) is 10.6 Å². The number of ether oxygens (including phenoxy) is 1. The molecule has 6 heteroatoms. The third-order valence-corrected chi connectivity index (χ3v) is 5.32. The van der Waals surface area contributed by atoms with Crippen molar-refractivity contribution < 1.29 is 14.3 Å². The summed E-state index contributed by atoms with van der Waals surface area (Å²) in [7, 11) is 0. The van der Waals surface area contributed by atoms with E-state index in [0.717, 1.165) is 16.1 Å². The molecule has 0 saturated heterocycles. The Morgan fingerprint density at radius 1 is 1.00 bits per heavy atom. The van der Waals surface area contributed by atoms with Crippen LogP contribution in [0.4, 0.5) is 0 Å². The molecule has 0 aliphatic heterocycles. The summed E-state index contributed by atoms with van der Waals surface area (Å²) < 4.78 is 5.21. The molecule has 29 heavy (non-hydrogen) atoms. The molecule has 0 radical (unpaired) electrons. The Labute approximate surface area is 174 Å². The van der Waals surface area contributed by atoms with Gasteiger partial charge in [0.05, 0.1) is 6.54 Å². The molecule has 0 atom stereocenters. The molecule has 0 fully saturated rings. The number of hydrogen-bond donors (Lipinski definition) is 1. The minimum atomic E-state index is -0.478. The number of aryl methyl sites for hydroxylation is 3. The number of rotatable bonds is 8. The standard InChI is InChI=1S/C23H24N2O3S/c1-16-3-7-18(8-4-16)9-12-21(26)24-13-14-28-23(27)20-15-29-22(25-20)19-10-5-17(2)6-11-19/h3-8,10-11,15H,9,12-14H2,1-2H3,(H,24,26). The molecule has 1 aromatic heterocycles. The number of thiazole rings is 1. The molecule has 0 saturated carbocycles. The molecule has 1 heterocycles. The molecule has 3 aromatic rings. The lowest BCUT2D eigenvalue weighted by molar-refractivity contribution is -0.121. The molecular formula is C23H24N2O3S. The highest BCUT2D eigenvalue weighted by atomic mass is 32.1. The maximum atomic E-state index is 12.1. The first-order valence-corrected chi connectivity index (χ1v) is 10.4. The average molecular weight is 409 g/mol. The van der Waals surface area contributed by atoms with Crippen molar-refractivity contribution in [1.29, 1.82) is 0 Å². The van der Waals surface area contributed by atoms with E-state index < -0.39 is 5.97 Å². The summed E-state index contributed by atoms with van der Waals surface area (Å²) in [5, 5.41) is 5.24. The van der Waals surface area contributed by atoms with Crippen molar-refractivity contribution in [3.8, 4) is 10.6 Å². The number of hydrogen-bond acceptors (Lipinski definition) is 5. The van der Waals surface area contributed by atoms with Crippen LogP contribution in [0.15, 0.2) is 53.9 Å². The van der Waals surface area contributed by atoms with Gasteiger partial charge in [-0.25, -0.2) is 9.78 Å². The molecule has 5 nitrogen and oxygen atoms in total. The molecule has 0 bridgehead atoms. The fraction of sp³-hybridized carbons (Fsp3) is 0.261. The van der Waals surface area contributed by atoms with Crippen molar-refractivity contribution in [2.24, 2.45) is 0 Å². The highest BCUT2D eigenvalue weighted by molar-refractivity contribution is 7.13. The lowest BCUT2D eigenvalue weighted by atomic mass is 10.1. The van der Waals surface area contributed by atoms with Crippen molar-refractivity contribution in [1.82, 2.24) is 10.3 Å². The molecule has 1 amide bonds. The van der Waals surface area contributed by atoms with E-state index >= 15 is 0 Å². The summed E-state index contributed by atoms with van der Waals surface area (Å²) in [6.45, 7) is 4.46. The van der Waals surface area contributed by atoms with Crippen LogP contribution in [0.5, 0.6) is 0 Å². The third kappa shape index (κ3) is 6.26. The maximum Gasteiger partial charge on any atom is 0.357 e. The van der Waals surface area contributed by atoms with E-state index in [4.69, 9.17) is 4.74 Å². The Morgan fingerprint density at radius 3 is 2.34 bits per heavy atom. The van der Waals surface area contributed by atoms with Gasteiger partial charge in [-0.3, -0.25) is 4.79 Å². The van der Waals surface area contributed by atoms with Gasteiger partial charge in [0.2, 0.25) is 5.91 Å². The minimum absolute atomic E-state index is 0.0584. The second-order valence-electron chi connectivity index (χ2n) is 6.88. The number of carbonyl (C=O) groups is 2. The fourth-order valence-electron chi connectivity index (χ4n) is 2.71. The monoisotopic (exact) mass is 408 g/mol. The van der Waals surface area contributed by atoms with E-state index in [2.05, 4.69) is 10.3 Å². The zero-order valence-corrected chi connectivity index (χ0v) is 17.4. The molecule has 0 aliphatic carbocycles. The number of nitrogens with one attached hydrogen (secondary N) is 1. The van der Waals surface area contributed by atoms with Crippen molar-refractivity contribution in [3.63, 3.8) is 0 Å². The van der Waals surface area contributed by atoms with Crippen LogP contribution in [0.2, 0.25) is 0 Å². The summed E-state index contributed by atoms with van der Waals surface area (Å²) in [6, 6.07) is 16.1. The van der Waals surface area contributed by atoms with E-state index in [0.29, 0.717) is 12.8 Å². The highest BCUT2D eigenvalue weighted by Crippen LogP contribution is 2.24. The predicted molar refractivity (Wildman–Crippen MR) is 115 cm³/mol. The normalized spacial score (nSPS) is 10.6. The van der Waals surface area contributed by atoms with Gasteiger partial charge in [-0.05, 0) is 25.8 Å². The summed E-state index contributed by atoms with van der Waals surface area (Å²) in [5.74, 6) is -0.537. The minimum Gasteiger partial charge on any atom is -0.459 e. The largest absolute Gasteiger partial charge is 0.459 e. The maximum absolute atomic E-state index is 12.1. The van der Waals surface area contributed by atoms with Crippen LogP contribution in [-0.4, -0.2) is 30.0 Å². The van der Waals surface area contributed by atoms with Crippen molar-refractivity contribution >= 4 is 23.2 Å². The van der Waals surface area contributed by atoms with Crippen LogP contribution in [0.1, 0.15) is 33.6 Å². The lowest BCUT2D eigenvalue weighted by Gasteiger charge is -2.06. The van der Waals surface area contributed by atoms with Crippen LogP contribution < -0.4 is 5.32 Å². The highest BCUT2D eigenvalue weighted by Gasteiger charge is 2.13. The number of amides is 1. The van der Waals surface area contributed by atoms with E-state index in [1.54, 1.807) is 5.38 Å². The van der Waals surface area contributed by atoms with Gasteiger partial charge in [0, 0.05) is 17.4 Å². The Hall–Kier alpha value is -2.99. The van der Waals surface area contributed by atoms with Gasteiger partial charge >= 0.3 is 5.97 Å². The molecule has 0 spiro atoms. The third-order valence-electron chi connectivity index (χ3n) is 4.43. The molecule has 0 aliphatic rings. The Bertz CT molecular complexity index is 963. The van der Waals surface area contributed by atoms with Gasteiger partial charge < -0.3 is 10.1 Å². The van der Waals surface area contributed by atoms with Gasteiger partial charge in [0.15, 0.2) is 5.69 Å². The number of carbonyl (C=O) groups excluding carboxylic acids is 2. The second kappa shape index (κ2) is 9.98. The molecule has 150 valence electrons. The number of aromatic nitrogens is 1. The molecule has 2 aromatic carbocycles.